The summed E-state index contributed by atoms with van der Waals surface area (Å²) in [6, 6.07) is 6.91. The molecule has 6 heteroatoms. The molecule has 3 nitrogen and oxygen atoms in total. The van der Waals surface area contributed by atoms with Crippen LogP contribution in [-0.2, 0) is 0 Å². The molecular formula is C14H11Cl2FN2O. The summed E-state index contributed by atoms with van der Waals surface area (Å²) < 4.78 is 13.2. The van der Waals surface area contributed by atoms with Crippen LogP contribution in [0.3, 0.4) is 0 Å². The van der Waals surface area contributed by atoms with Gasteiger partial charge in [0.05, 0.1) is 21.3 Å². The topological polar surface area (TPSA) is 55.1 Å². The number of nitrogens with two attached hydrogens (primary N) is 1. The zero-order chi connectivity index (χ0) is 14.9. The first kappa shape index (κ1) is 14.6. The molecule has 104 valence electrons. The summed E-state index contributed by atoms with van der Waals surface area (Å²) in [4.78, 5) is 12.1. The monoisotopic (exact) mass is 312 g/mol. The Morgan fingerprint density at radius 2 is 1.95 bits per heavy atom. The third-order valence-corrected chi connectivity index (χ3v) is 3.58. The third-order valence-electron chi connectivity index (χ3n) is 2.78. The number of amides is 1. The van der Waals surface area contributed by atoms with Crippen molar-refractivity contribution in [1.29, 1.82) is 0 Å². The van der Waals surface area contributed by atoms with Crippen LogP contribution >= 0.6 is 23.2 Å². The van der Waals surface area contributed by atoms with Gasteiger partial charge in [0.1, 0.15) is 5.82 Å². The Balaban J connectivity index is 2.38. The van der Waals surface area contributed by atoms with E-state index in [1.165, 1.54) is 12.1 Å². The molecule has 0 atom stereocenters. The van der Waals surface area contributed by atoms with Crippen molar-refractivity contribution in [2.24, 2.45) is 0 Å². The average molecular weight is 313 g/mol. The molecular weight excluding hydrogens is 302 g/mol. The standard InChI is InChI=1S/C14H11Cl2FN2O/c1-7-2-4-10(15)13(12(7)16)19-14(20)9-6-8(17)3-5-11(9)18/h2-6H,18H2,1H3,(H,19,20). The Bertz CT molecular complexity index is 689. The lowest BCUT2D eigenvalue weighted by Crippen LogP contribution is -2.15. The number of aryl methyl sites for hydroxylation is 1. The molecule has 0 spiro atoms. The van der Waals surface area contributed by atoms with Crippen molar-refractivity contribution in [3.63, 3.8) is 0 Å². The van der Waals surface area contributed by atoms with Crippen molar-refractivity contribution in [3.8, 4) is 0 Å². The summed E-state index contributed by atoms with van der Waals surface area (Å²) in [6.07, 6.45) is 0. The minimum absolute atomic E-state index is 0.0265. The maximum Gasteiger partial charge on any atom is 0.257 e. The molecule has 0 fully saturated rings. The lowest BCUT2D eigenvalue weighted by Gasteiger charge is -2.12. The van der Waals surface area contributed by atoms with E-state index in [9.17, 15) is 9.18 Å². The lowest BCUT2D eigenvalue weighted by molar-refractivity contribution is 0.102. The average Bonchev–Trinajstić information content (AvgIpc) is 2.41. The van der Waals surface area contributed by atoms with E-state index in [1.54, 1.807) is 19.1 Å². The van der Waals surface area contributed by atoms with Gasteiger partial charge >= 0.3 is 0 Å². The minimum atomic E-state index is -0.573. The quantitative estimate of drug-likeness (QED) is 0.813. The molecule has 0 heterocycles. The van der Waals surface area contributed by atoms with Gasteiger partial charge in [-0.25, -0.2) is 4.39 Å². The van der Waals surface area contributed by atoms with E-state index in [0.717, 1.165) is 11.6 Å². The molecule has 0 saturated carbocycles. The van der Waals surface area contributed by atoms with Gasteiger partial charge in [-0.3, -0.25) is 4.79 Å². The molecule has 2 aromatic rings. The van der Waals surface area contributed by atoms with Gasteiger partial charge in [-0.2, -0.15) is 0 Å². The van der Waals surface area contributed by atoms with E-state index in [4.69, 9.17) is 28.9 Å². The van der Waals surface area contributed by atoms with Gasteiger partial charge < -0.3 is 11.1 Å². The molecule has 2 rings (SSSR count). The number of carbonyl (C=O) groups is 1. The predicted molar refractivity (Wildman–Crippen MR) is 80.0 cm³/mol. The second kappa shape index (κ2) is 5.69. The van der Waals surface area contributed by atoms with E-state index >= 15 is 0 Å². The molecule has 0 bridgehead atoms. The van der Waals surface area contributed by atoms with Crippen molar-refractivity contribution in [2.75, 3.05) is 11.1 Å². The Hall–Kier alpha value is -1.78. The molecule has 1 amide bonds. The zero-order valence-corrected chi connectivity index (χ0v) is 12.0. The van der Waals surface area contributed by atoms with E-state index in [0.29, 0.717) is 10.0 Å². The Morgan fingerprint density at radius 1 is 1.25 bits per heavy atom. The molecule has 20 heavy (non-hydrogen) atoms. The van der Waals surface area contributed by atoms with Crippen molar-refractivity contribution in [3.05, 3.63) is 57.3 Å². The van der Waals surface area contributed by atoms with Crippen LogP contribution in [0.4, 0.5) is 15.8 Å². The Kier molecular flexibility index (Phi) is 4.16. The van der Waals surface area contributed by atoms with Crippen molar-refractivity contribution >= 4 is 40.5 Å². The van der Waals surface area contributed by atoms with Gasteiger partial charge in [0.25, 0.3) is 5.91 Å². The number of anilines is 2. The second-order valence-electron chi connectivity index (χ2n) is 4.24. The third kappa shape index (κ3) is 2.86. The lowest BCUT2D eigenvalue weighted by atomic mass is 10.1. The summed E-state index contributed by atoms with van der Waals surface area (Å²) >= 11 is 12.1. The van der Waals surface area contributed by atoms with Crippen molar-refractivity contribution in [2.45, 2.75) is 6.92 Å². The molecule has 0 aliphatic carbocycles. The van der Waals surface area contributed by atoms with Crippen LogP contribution in [0.1, 0.15) is 15.9 Å². The normalized spacial score (nSPS) is 10.4. The molecule has 0 radical (unpaired) electrons. The highest BCUT2D eigenvalue weighted by atomic mass is 35.5. The fourth-order valence-electron chi connectivity index (χ4n) is 1.68. The fourth-order valence-corrected chi connectivity index (χ4v) is 2.14. The van der Waals surface area contributed by atoms with Crippen LogP contribution < -0.4 is 11.1 Å². The first-order valence-electron chi connectivity index (χ1n) is 5.71. The van der Waals surface area contributed by atoms with Crippen molar-refractivity contribution in [1.82, 2.24) is 0 Å². The molecule has 0 saturated heterocycles. The maximum atomic E-state index is 13.2. The second-order valence-corrected chi connectivity index (χ2v) is 5.02. The number of nitrogen functional groups attached to an aromatic ring is 1. The summed E-state index contributed by atoms with van der Waals surface area (Å²) in [7, 11) is 0. The first-order chi connectivity index (χ1) is 9.40. The number of rotatable bonds is 2. The maximum absolute atomic E-state index is 13.2. The SMILES string of the molecule is Cc1ccc(Cl)c(NC(=O)c2cc(F)ccc2N)c1Cl. The Morgan fingerprint density at radius 3 is 2.65 bits per heavy atom. The van der Waals surface area contributed by atoms with Gasteiger partial charge in [0.15, 0.2) is 0 Å². The summed E-state index contributed by atoms with van der Waals surface area (Å²) in [5, 5.41) is 3.18. The molecule has 0 aromatic heterocycles. The molecule has 0 aliphatic heterocycles. The van der Waals surface area contributed by atoms with E-state index in [-0.39, 0.29) is 16.9 Å². The van der Waals surface area contributed by atoms with Crippen LogP contribution in [0.25, 0.3) is 0 Å². The number of nitrogens with one attached hydrogen (secondary N) is 1. The highest BCUT2D eigenvalue weighted by molar-refractivity contribution is 6.40. The van der Waals surface area contributed by atoms with Gasteiger partial charge in [-0.15, -0.1) is 0 Å². The van der Waals surface area contributed by atoms with Crippen LogP contribution in [0.5, 0.6) is 0 Å². The summed E-state index contributed by atoms with van der Waals surface area (Å²) in [6.45, 7) is 1.78. The number of carbonyl (C=O) groups excluding carboxylic acids is 1. The molecule has 0 unspecified atom stereocenters. The van der Waals surface area contributed by atoms with Crippen molar-refractivity contribution < 1.29 is 9.18 Å². The van der Waals surface area contributed by atoms with E-state index < -0.39 is 11.7 Å². The predicted octanol–water partition coefficient (Wildman–Crippen LogP) is 4.28. The first-order valence-corrected chi connectivity index (χ1v) is 6.46. The van der Waals surface area contributed by atoms with Gasteiger partial charge in [0.2, 0.25) is 0 Å². The number of hydrogen-bond donors (Lipinski definition) is 2. The van der Waals surface area contributed by atoms with Gasteiger partial charge in [-0.05, 0) is 36.8 Å². The number of benzene rings is 2. The van der Waals surface area contributed by atoms with E-state index in [1.807, 2.05) is 0 Å². The minimum Gasteiger partial charge on any atom is -0.398 e. The van der Waals surface area contributed by atoms with Gasteiger partial charge in [-0.1, -0.05) is 29.3 Å². The molecule has 2 aromatic carbocycles. The highest BCUT2D eigenvalue weighted by Crippen LogP contribution is 2.33. The van der Waals surface area contributed by atoms with Gasteiger partial charge in [0, 0.05) is 5.69 Å². The van der Waals surface area contributed by atoms with Crippen LogP contribution in [0.2, 0.25) is 10.0 Å². The fraction of sp³-hybridized carbons (Fsp3) is 0.0714. The number of halogens is 3. The van der Waals surface area contributed by atoms with Crippen LogP contribution in [0.15, 0.2) is 30.3 Å². The Labute approximate surface area is 125 Å². The molecule has 3 N–H and O–H groups in total. The summed E-state index contributed by atoms with van der Waals surface area (Å²) in [5.41, 5.74) is 6.90. The largest absolute Gasteiger partial charge is 0.398 e. The highest BCUT2D eigenvalue weighted by Gasteiger charge is 2.15. The van der Waals surface area contributed by atoms with Crippen LogP contribution in [0, 0.1) is 12.7 Å². The molecule has 0 aliphatic rings. The van der Waals surface area contributed by atoms with Crippen LogP contribution in [-0.4, -0.2) is 5.91 Å². The zero-order valence-electron chi connectivity index (χ0n) is 10.5. The number of hydrogen-bond acceptors (Lipinski definition) is 2. The summed E-state index contributed by atoms with van der Waals surface area (Å²) in [5.74, 6) is -1.12. The van der Waals surface area contributed by atoms with E-state index in [2.05, 4.69) is 5.32 Å². The smallest absolute Gasteiger partial charge is 0.257 e.